The van der Waals surface area contributed by atoms with Gasteiger partial charge in [0.05, 0.1) is 6.42 Å². The normalized spacial score (nSPS) is 9.95. The van der Waals surface area contributed by atoms with Crippen LogP contribution in [0.15, 0.2) is 48.5 Å². The highest BCUT2D eigenvalue weighted by Gasteiger charge is 2.07. The molecule has 2 aromatic rings. The fourth-order valence-electron chi connectivity index (χ4n) is 1.93. The zero-order chi connectivity index (χ0) is 15.1. The molecule has 0 atom stereocenters. The van der Waals surface area contributed by atoms with Gasteiger partial charge >= 0.3 is 0 Å². The van der Waals surface area contributed by atoms with Crippen molar-refractivity contribution in [3.63, 3.8) is 0 Å². The number of carbonyl (C=O) groups excluding carboxylic acids is 2. The van der Waals surface area contributed by atoms with Crippen molar-refractivity contribution in [3.8, 4) is 5.75 Å². The summed E-state index contributed by atoms with van der Waals surface area (Å²) in [6, 6.07) is 14.4. The first kappa shape index (κ1) is 14.7. The Labute approximate surface area is 122 Å². The van der Waals surface area contributed by atoms with E-state index in [9.17, 15) is 9.59 Å². The van der Waals surface area contributed by atoms with Gasteiger partial charge in [-0.2, -0.15) is 0 Å². The number of nitrogens with two attached hydrogens (primary N) is 1. The zero-order valence-corrected chi connectivity index (χ0v) is 11.4. The number of carbonyl (C=O) groups is 2. The quantitative estimate of drug-likeness (QED) is 0.365. The third-order valence-corrected chi connectivity index (χ3v) is 3.02. The Kier molecular flexibility index (Phi) is 5.06. The van der Waals surface area contributed by atoms with Gasteiger partial charge in [0.1, 0.15) is 18.6 Å². The molecule has 3 N–H and O–H groups in total. The van der Waals surface area contributed by atoms with Crippen LogP contribution in [0.3, 0.4) is 0 Å². The molecule has 0 heterocycles. The fourth-order valence-corrected chi connectivity index (χ4v) is 1.93. The lowest BCUT2D eigenvalue weighted by molar-refractivity contribution is -0.120. The van der Waals surface area contributed by atoms with Crippen molar-refractivity contribution in [1.29, 1.82) is 0 Å². The van der Waals surface area contributed by atoms with Crippen LogP contribution in [0.4, 0.5) is 0 Å². The van der Waals surface area contributed by atoms with E-state index in [2.05, 4.69) is 5.43 Å². The lowest BCUT2D eigenvalue weighted by Gasteiger charge is -2.11. The van der Waals surface area contributed by atoms with Gasteiger partial charge in [-0.15, -0.1) is 0 Å². The van der Waals surface area contributed by atoms with E-state index in [-0.39, 0.29) is 12.3 Å². The van der Waals surface area contributed by atoms with Gasteiger partial charge in [-0.1, -0.05) is 36.4 Å². The molecule has 0 aliphatic carbocycles. The van der Waals surface area contributed by atoms with Crippen LogP contribution < -0.4 is 16.0 Å². The van der Waals surface area contributed by atoms with Crippen LogP contribution in [0.5, 0.6) is 5.75 Å². The van der Waals surface area contributed by atoms with E-state index in [1.165, 1.54) is 0 Å². The summed E-state index contributed by atoms with van der Waals surface area (Å²) in [6.07, 6.45) is 0.969. The summed E-state index contributed by atoms with van der Waals surface area (Å²) in [7, 11) is 0. The van der Waals surface area contributed by atoms with Gasteiger partial charge in [0.25, 0.3) is 0 Å². The summed E-state index contributed by atoms with van der Waals surface area (Å²) < 4.78 is 5.67. The van der Waals surface area contributed by atoms with E-state index in [4.69, 9.17) is 10.6 Å². The molecule has 0 aliphatic heterocycles. The Balaban J connectivity index is 2.08. The second kappa shape index (κ2) is 7.21. The van der Waals surface area contributed by atoms with Gasteiger partial charge < -0.3 is 4.74 Å². The maximum atomic E-state index is 11.4. The summed E-state index contributed by atoms with van der Waals surface area (Å²) in [6.45, 7) is 0.316. The molecule has 5 nitrogen and oxygen atoms in total. The number of nitrogens with one attached hydrogen (secondary N) is 1. The van der Waals surface area contributed by atoms with Gasteiger partial charge in [0.2, 0.25) is 5.91 Å². The zero-order valence-electron chi connectivity index (χ0n) is 11.4. The molecule has 0 unspecified atom stereocenters. The van der Waals surface area contributed by atoms with Crippen molar-refractivity contribution in [3.05, 3.63) is 65.2 Å². The average molecular weight is 284 g/mol. The monoisotopic (exact) mass is 284 g/mol. The SMILES string of the molecule is NNC(=O)Cc1ccccc1COc1cccc(C=O)c1. The van der Waals surface area contributed by atoms with Gasteiger partial charge in [-0.25, -0.2) is 5.84 Å². The molecule has 0 saturated carbocycles. The highest BCUT2D eigenvalue weighted by Crippen LogP contribution is 2.16. The van der Waals surface area contributed by atoms with E-state index in [1.54, 1.807) is 24.3 Å². The molecule has 0 bridgehead atoms. The van der Waals surface area contributed by atoms with Crippen LogP contribution in [-0.4, -0.2) is 12.2 Å². The molecule has 0 fully saturated rings. The Morgan fingerprint density at radius 1 is 1.14 bits per heavy atom. The maximum absolute atomic E-state index is 11.4. The molecule has 21 heavy (non-hydrogen) atoms. The third kappa shape index (κ3) is 4.15. The summed E-state index contributed by atoms with van der Waals surface area (Å²) in [5, 5.41) is 0. The van der Waals surface area contributed by atoms with Gasteiger partial charge in [0.15, 0.2) is 0 Å². The molecule has 5 heteroatoms. The Morgan fingerprint density at radius 2 is 1.90 bits per heavy atom. The number of aldehydes is 1. The van der Waals surface area contributed by atoms with Crippen LogP contribution in [0, 0.1) is 0 Å². The van der Waals surface area contributed by atoms with Crippen molar-refractivity contribution in [2.24, 2.45) is 5.84 Å². The minimum atomic E-state index is -0.259. The molecule has 2 aromatic carbocycles. The second-order valence-corrected chi connectivity index (χ2v) is 4.49. The highest BCUT2D eigenvalue weighted by atomic mass is 16.5. The number of amides is 1. The first-order chi connectivity index (χ1) is 10.2. The maximum Gasteiger partial charge on any atom is 0.238 e. The molecule has 2 rings (SSSR count). The van der Waals surface area contributed by atoms with Crippen molar-refractivity contribution in [1.82, 2.24) is 5.43 Å². The Hall–Kier alpha value is -2.66. The lowest BCUT2D eigenvalue weighted by Crippen LogP contribution is -2.31. The minimum absolute atomic E-state index is 0.199. The number of hydrazine groups is 1. The lowest BCUT2D eigenvalue weighted by atomic mass is 10.1. The van der Waals surface area contributed by atoms with Crippen molar-refractivity contribution in [2.75, 3.05) is 0 Å². The summed E-state index contributed by atoms with van der Waals surface area (Å²) in [5.74, 6) is 5.45. The first-order valence-corrected chi connectivity index (χ1v) is 6.47. The minimum Gasteiger partial charge on any atom is -0.489 e. The second-order valence-electron chi connectivity index (χ2n) is 4.49. The van der Waals surface area contributed by atoms with E-state index in [1.807, 2.05) is 24.3 Å². The molecule has 108 valence electrons. The van der Waals surface area contributed by atoms with E-state index in [0.717, 1.165) is 17.4 Å². The Morgan fingerprint density at radius 3 is 2.62 bits per heavy atom. The fraction of sp³-hybridized carbons (Fsp3) is 0.125. The molecule has 0 spiro atoms. The average Bonchev–Trinajstić information content (AvgIpc) is 2.54. The van der Waals surface area contributed by atoms with E-state index >= 15 is 0 Å². The Bertz CT molecular complexity index is 641. The van der Waals surface area contributed by atoms with E-state index < -0.39 is 0 Å². The molecule has 1 amide bonds. The summed E-state index contributed by atoms with van der Waals surface area (Å²) in [5.41, 5.74) is 4.42. The van der Waals surface area contributed by atoms with Crippen molar-refractivity contribution < 1.29 is 14.3 Å². The summed E-state index contributed by atoms with van der Waals surface area (Å²) in [4.78, 5) is 22.1. The van der Waals surface area contributed by atoms with Gasteiger partial charge in [-0.3, -0.25) is 15.0 Å². The largest absolute Gasteiger partial charge is 0.489 e. The van der Waals surface area contributed by atoms with Crippen LogP contribution in [0.2, 0.25) is 0 Å². The van der Waals surface area contributed by atoms with Gasteiger partial charge in [0, 0.05) is 5.56 Å². The standard InChI is InChI=1S/C16H16N2O3/c17-18-16(20)9-13-5-1-2-6-14(13)11-21-15-7-3-4-12(8-15)10-19/h1-8,10H,9,11,17H2,(H,18,20). The number of benzene rings is 2. The predicted molar refractivity (Wildman–Crippen MR) is 78.6 cm³/mol. The predicted octanol–water partition coefficient (Wildman–Crippen LogP) is 1.61. The van der Waals surface area contributed by atoms with E-state index in [0.29, 0.717) is 17.9 Å². The molecular weight excluding hydrogens is 268 g/mol. The molecule has 0 radical (unpaired) electrons. The first-order valence-electron chi connectivity index (χ1n) is 6.47. The number of ether oxygens (including phenoxy) is 1. The van der Waals surface area contributed by atoms with Crippen LogP contribution in [0.25, 0.3) is 0 Å². The number of hydrogen-bond acceptors (Lipinski definition) is 4. The van der Waals surface area contributed by atoms with Crippen LogP contribution in [-0.2, 0) is 17.8 Å². The molecule has 0 aromatic heterocycles. The summed E-state index contributed by atoms with van der Waals surface area (Å²) >= 11 is 0. The topological polar surface area (TPSA) is 81.4 Å². The smallest absolute Gasteiger partial charge is 0.238 e. The van der Waals surface area contributed by atoms with Crippen LogP contribution in [0.1, 0.15) is 21.5 Å². The molecular formula is C16H16N2O3. The number of rotatable bonds is 6. The van der Waals surface area contributed by atoms with Crippen molar-refractivity contribution in [2.45, 2.75) is 13.0 Å². The number of hydrogen-bond donors (Lipinski definition) is 2. The third-order valence-electron chi connectivity index (χ3n) is 3.02. The van der Waals surface area contributed by atoms with Gasteiger partial charge in [-0.05, 0) is 23.3 Å². The highest BCUT2D eigenvalue weighted by molar-refractivity contribution is 5.78. The van der Waals surface area contributed by atoms with Crippen LogP contribution >= 0.6 is 0 Å². The molecule has 0 saturated heterocycles. The molecule has 0 aliphatic rings. The van der Waals surface area contributed by atoms with Crippen molar-refractivity contribution >= 4 is 12.2 Å².